The number of rotatable bonds is 3. The highest BCUT2D eigenvalue weighted by Gasteiger charge is 2.36. The van der Waals surface area contributed by atoms with E-state index in [9.17, 15) is 4.79 Å². The number of hydrogen-bond acceptors (Lipinski definition) is 3. The number of methoxy groups -OCH3 is 2. The van der Waals surface area contributed by atoms with Crippen LogP contribution in [0.15, 0.2) is 59.1 Å². The average molecular weight is 469 g/mol. The average Bonchev–Trinajstić information content (AvgIpc) is 3.23. The standard InChI is InChI=1S/C23H15BrClNO3/c1-28-12-7-8-14(18(11-12)29-2)19-13-5-3-4-6-16(13)26-17-10-9-15(24)21(25)20(17)23(27)22(19)26/h3-11H,1-2H3. The number of hydrogen-bond donors (Lipinski definition) is 0. The number of ether oxygens (including phenoxy) is 2. The van der Waals surface area contributed by atoms with Gasteiger partial charge in [-0.1, -0.05) is 29.8 Å². The Morgan fingerprint density at radius 3 is 2.52 bits per heavy atom. The Balaban J connectivity index is 1.91. The molecule has 0 saturated carbocycles. The summed E-state index contributed by atoms with van der Waals surface area (Å²) in [5, 5.41) is 1.40. The molecule has 0 unspecified atom stereocenters. The Labute approximate surface area is 180 Å². The van der Waals surface area contributed by atoms with E-state index in [1.54, 1.807) is 14.2 Å². The lowest BCUT2D eigenvalue weighted by Gasteiger charge is -2.11. The van der Waals surface area contributed by atoms with E-state index in [2.05, 4.69) is 15.9 Å². The van der Waals surface area contributed by atoms with Crippen molar-refractivity contribution in [3.05, 3.63) is 75.4 Å². The van der Waals surface area contributed by atoms with Gasteiger partial charge in [-0.3, -0.25) is 4.79 Å². The first-order valence-corrected chi connectivity index (χ1v) is 10.1. The largest absolute Gasteiger partial charge is 0.497 e. The molecule has 0 fully saturated rings. The molecule has 0 N–H and O–H groups in total. The summed E-state index contributed by atoms with van der Waals surface area (Å²) < 4.78 is 13.7. The minimum Gasteiger partial charge on any atom is -0.497 e. The van der Waals surface area contributed by atoms with Crippen LogP contribution in [0.2, 0.25) is 5.02 Å². The normalized spacial score (nSPS) is 12.2. The first-order chi connectivity index (χ1) is 14.1. The Morgan fingerprint density at radius 1 is 0.966 bits per heavy atom. The smallest absolute Gasteiger partial charge is 0.214 e. The van der Waals surface area contributed by atoms with Crippen LogP contribution in [0.5, 0.6) is 11.5 Å². The van der Waals surface area contributed by atoms with Crippen LogP contribution in [0.4, 0.5) is 0 Å². The van der Waals surface area contributed by atoms with Crippen LogP contribution in [0.1, 0.15) is 16.1 Å². The van der Waals surface area contributed by atoms with Gasteiger partial charge in [-0.2, -0.15) is 0 Å². The zero-order chi connectivity index (χ0) is 20.3. The number of carbonyl (C=O) groups excluding carboxylic acids is 1. The number of para-hydroxylation sites is 1. The van der Waals surface area contributed by atoms with Crippen LogP contribution in [0.25, 0.3) is 27.7 Å². The molecular formula is C23H15BrClNO3. The fourth-order valence-electron chi connectivity index (χ4n) is 4.04. The molecular weight excluding hydrogens is 454 g/mol. The molecule has 4 aromatic rings. The van der Waals surface area contributed by atoms with Crippen LogP contribution in [0, 0.1) is 0 Å². The van der Waals surface area contributed by atoms with Crippen LogP contribution in [0.3, 0.4) is 0 Å². The van der Waals surface area contributed by atoms with Gasteiger partial charge in [0.2, 0.25) is 5.78 Å². The molecule has 0 spiro atoms. The summed E-state index contributed by atoms with van der Waals surface area (Å²) in [4.78, 5) is 13.6. The molecule has 0 radical (unpaired) electrons. The molecule has 1 aliphatic heterocycles. The van der Waals surface area contributed by atoms with E-state index in [0.29, 0.717) is 32.3 Å². The molecule has 1 aromatic heterocycles. The van der Waals surface area contributed by atoms with Crippen LogP contribution in [-0.2, 0) is 0 Å². The number of halogens is 2. The lowest BCUT2D eigenvalue weighted by molar-refractivity contribution is 0.104. The lowest BCUT2D eigenvalue weighted by atomic mass is 9.97. The van der Waals surface area contributed by atoms with Crippen molar-refractivity contribution in [1.82, 2.24) is 4.57 Å². The van der Waals surface area contributed by atoms with Crippen LogP contribution >= 0.6 is 27.5 Å². The quantitative estimate of drug-likeness (QED) is 0.313. The van der Waals surface area contributed by atoms with E-state index >= 15 is 0 Å². The minimum atomic E-state index is -0.102. The number of ketones is 1. The topological polar surface area (TPSA) is 40.5 Å². The number of fused-ring (bicyclic) bond motifs is 5. The van der Waals surface area contributed by atoms with Gasteiger partial charge in [0, 0.05) is 27.1 Å². The van der Waals surface area contributed by atoms with Gasteiger partial charge < -0.3 is 14.0 Å². The first-order valence-electron chi connectivity index (χ1n) is 8.95. The number of carbonyl (C=O) groups is 1. The highest BCUT2D eigenvalue weighted by molar-refractivity contribution is 9.10. The summed E-state index contributed by atoms with van der Waals surface area (Å²) in [6.45, 7) is 0. The van der Waals surface area contributed by atoms with Crippen molar-refractivity contribution in [2.45, 2.75) is 0 Å². The van der Waals surface area contributed by atoms with Crippen LogP contribution in [-0.4, -0.2) is 24.6 Å². The SMILES string of the molecule is COc1ccc(-c2c3n(c4ccccc24)-c2ccc(Br)c(Cl)c2C3=O)c(OC)c1. The second-order valence-corrected chi connectivity index (χ2v) is 7.96. The highest BCUT2D eigenvalue weighted by Crippen LogP contribution is 2.48. The van der Waals surface area contributed by atoms with Crippen molar-refractivity contribution >= 4 is 44.2 Å². The summed E-state index contributed by atoms with van der Waals surface area (Å²) in [6.07, 6.45) is 0. The van der Waals surface area contributed by atoms with Gasteiger partial charge >= 0.3 is 0 Å². The molecule has 144 valence electrons. The lowest BCUT2D eigenvalue weighted by Crippen LogP contribution is -2.00. The van der Waals surface area contributed by atoms with Crippen molar-refractivity contribution in [2.75, 3.05) is 14.2 Å². The second-order valence-electron chi connectivity index (χ2n) is 6.73. The second kappa shape index (κ2) is 6.65. The molecule has 29 heavy (non-hydrogen) atoms. The summed E-state index contributed by atoms with van der Waals surface area (Å²) in [6, 6.07) is 17.4. The number of aromatic nitrogens is 1. The third-order valence-electron chi connectivity index (χ3n) is 5.31. The third kappa shape index (κ3) is 2.47. The van der Waals surface area contributed by atoms with E-state index in [4.69, 9.17) is 21.1 Å². The molecule has 6 heteroatoms. The Bertz CT molecular complexity index is 1330. The first kappa shape index (κ1) is 18.3. The van der Waals surface area contributed by atoms with Gasteiger partial charge in [-0.15, -0.1) is 0 Å². The Hall–Kier alpha value is -2.76. The van der Waals surface area contributed by atoms with E-state index in [-0.39, 0.29) is 5.78 Å². The maximum Gasteiger partial charge on any atom is 0.214 e. The summed E-state index contributed by atoms with van der Waals surface area (Å²) >= 11 is 9.94. The maximum atomic E-state index is 13.6. The van der Waals surface area contributed by atoms with Crippen molar-refractivity contribution in [3.63, 3.8) is 0 Å². The molecule has 4 nitrogen and oxygen atoms in total. The summed E-state index contributed by atoms with van der Waals surface area (Å²) in [5.74, 6) is 1.22. The zero-order valence-corrected chi connectivity index (χ0v) is 18.0. The van der Waals surface area contributed by atoms with E-state index in [1.165, 1.54) is 0 Å². The summed E-state index contributed by atoms with van der Waals surface area (Å²) in [5.41, 5.74) is 4.48. The highest BCUT2D eigenvalue weighted by atomic mass is 79.9. The van der Waals surface area contributed by atoms with Crippen molar-refractivity contribution in [2.24, 2.45) is 0 Å². The van der Waals surface area contributed by atoms with Gasteiger partial charge in [-0.25, -0.2) is 0 Å². The van der Waals surface area contributed by atoms with Gasteiger partial charge in [0.15, 0.2) is 0 Å². The predicted molar refractivity (Wildman–Crippen MR) is 118 cm³/mol. The van der Waals surface area contributed by atoms with E-state index < -0.39 is 0 Å². The maximum absolute atomic E-state index is 13.6. The van der Waals surface area contributed by atoms with E-state index in [0.717, 1.165) is 27.7 Å². The fraction of sp³-hybridized carbons (Fsp3) is 0.0870. The molecule has 1 aliphatic rings. The molecule has 0 amide bonds. The fourth-order valence-corrected chi connectivity index (χ4v) is 4.62. The van der Waals surface area contributed by atoms with Gasteiger partial charge in [0.05, 0.1) is 36.0 Å². The van der Waals surface area contributed by atoms with Gasteiger partial charge in [0.25, 0.3) is 0 Å². The minimum absolute atomic E-state index is 0.102. The zero-order valence-electron chi connectivity index (χ0n) is 15.6. The van der Waals surface area contributed by atoms with Crippen molar-refractivity contribution < 1.29 is 14.3 Å². The van der Waals surface area contributed by atoms with Crippen molar-refractivity contribution in [3.8, 4) is 28.3 Å². The molecule has 5 rings (SSSR count). The van der Waals surface area contributed by atoms with Gasteiger partial charge in [0.1, 0.15) is 17.2 Å². The Morgan fingerprint density at radius 2 is 1.76 bits per heavy atom. The third-order valence-corrected chi connectivity index (χ3v) is 6.59. The predicted octanol–water partition coefficient (Wildman–Crippen LogP) is 6.28. The van der Waals surface area contributed by atoms with Crippen LogP contribution < -0.4 is 9.47 Å². The molecule has 0 aliphatic carbocycles. The number of benzene rings is 3. The molecule has 0 saturated heterocycles. The van der Waals surface area contributed by atoms with Crippen molar-refractivity contribution in [1.29, 1.82) is 0 Å². The number of nitrogens with zero attached hydrogens (tertiary/aromatic N) is 1. The van der Waals surface area contributed by atoms with Gasteiger partial charge in [-0.05, 0) is 46.3 Å². The molecule has 0 bridgehead atoms. The van der Waals surface area contributed by atoms with E-state index in [1.807, 2.05) is 59.2 Å². The Kier molecular flexibility index (Phi) is 4.19. The summed E-state index contributed by atoms with van der Waals surface area (Å²) in [7, 11) is 3.22. The molecule has 0 atom stereocenters. The molecule has 3 aromatic carbocycles. The molecule has 2 heterocycles. The monoisotopic (exact) mass is 467 g/mol.